The molecule has 0 aromatic heterocycles. The van der Waals surface area contributed by atoms with Gasteiger partial charge in [0, 0.05) is 13.1 Å². The molecule has 0 spiro atoms. The van der Waals surface area contributed by atoms with Crippen molar-refractivity contribution in [3.63, 3.8) is 0 Å². The molecular formula is C8H16N. The molecule has 1 aliphatic rings. The third-order valence-corrected chi connectivity index (χ3v) is 2.21. The summed E-state index contributed by atoms with van der Waals surface area (Å²) in [5.41, 5.74) is 0.486. The molecule has 1 unspecified atom stereocenters. The molecule has 1 radical (unpaired) electrons. The topological polar surface area (TPSA) is 14.1 Å². The van der Waals surface area contributed by atoms with Gasteiger partial charge in [0.2, 0.25) is 0 Å². The van der Waals surface area contributed by atoms with Gasteiger partial charge in [0.1, 0.15) is 0 Å². The van der Waals surface area contributed by atoms with Crippen molar-refractivity contribution in [2.75, 3.05) is 13.1 Å². The molecule has 1 nitrogen and oxygen atoms in total. The summed E-state index contributed by atoms with van der Waals surface area (Å²) in [6.45, 7) is 9.11. The molecule has 0 aromatic carbocycles. The van der Waals surface area contributed by atoms with Gasteiger partial charge in [0.25, 0.3) is 0 Å². The third-order valence-electron chi connectivity index (χ3n) is 2.21. The molecule has 53 valence electrons. The SMILES string of the molecule is CC(C)(C)C1CC[N]C1. The predicted octanol–water partition coefficient (Wildman–Crippen LogP) is 1.66. The number of rotatable bonds is 0. The van der Waals surface area contributed by atoms with Crippen LogP contribution < -0.4 is 5.32 Å². The van der Waals surface area contributed by atoms with Crippen LogP contribution in [0.15, 0.2) is 0 Å². The van der Waals surface area contributed by atoms with E-state index in [0.29, 0.717) is 5.41 Å². The average molecular weight is 126 g/mol. The molecule has 1 atom stereocenters. The second-order valence-corrected chi connectivity index (χ2v) is 3.98. The maximum Gasteiger partial charge on any atom is 0.0167 e. The fourth-order valence-corrected chi connectivity index (χ4v) is 1.29. The second kappa shape index (κ2) is 2.30. The minimum absolute atomic E-state index is 0.486. The molecule has 1 heterocycles. The molecule has 9 heavy (non-hydrogen) atoms. The summed E-state index contributed by atoms with van der Waals surface area (Å²) in [5.74, 6) is 0.845. The van der Waals surface area contributed by atoms with Crippen molar-refractivity contribution in [1.82, 2.24) is 5.32 Å². The van der Waals surface area contributed by atoms with Crippen molar-refractivity contribution < 1.29 is 0 Å². The molecule has 0 amide bonds. The first-order valence-electron chi connectivity index (χ1n) is 3.74. The molecule has 0 saturated carbocycles. The molecular weight excluding hydrogens is 110 g/mol. The van der Waals surface area contributed by atoms with E-state index >= 15 is 0 Å². The first-order chi connectivity index (χ1) is 4.11. The van der Waals surface area contributed by atoms with E-state index < -0.39 is 0 Å². The van der Waals surface area contributed by atoms with Crippen LogP contribution in [-0.4, -0.2) is 13.1 Å². The standard InChI is InChI=1S/C8H16N/c1-8(2,3)7-4-5-9-6-7/h7H,4-6H2,1-3H3. The van der Waals surface area contributed by atoms with E-state index in [1.54, 1.807) is 0 Å². The first-order valence-corrected chi connectivity index (χ1v) is 3.74. The van der Waals surface area contributed by atoms with Gasteiger partial charge in [-0.2, -0.15) is 0 Å². The van der Waals surface area contributed by atoms with Gasteiger partial charge >= 0.3 is 0 Å². The molecule has 1 saturated heterocycles. The Balaban J connectivity index is 2.42. The average Bonchev–Trinajstić information content (AvgIpc) is 2.08. The molecule has 1 heteroatoms. The Labute approximate surface area is 57.8 Å². The largest absolute Gasteiger partial charge is 0.241 e. The first kappa shape index (κ1) is 7.07. The quantitative estimate of drug-likeness (QED) is 0.468. The Morgan fingerprint density at radius 2 is 2.00 bits per heavy atom. The van der Waals surface area contributed by atoms with Crippen LogP contribution in [0.2, 0.25) is 0 Å². The normalized spacial score (nSPS) is 29.0. The van der Waals surface area contributed by atoms with Gasteiger partial charge in [-0.15, -0.1) is 0 Å². The van der Waals surface area contributed by atoms with Crippen LogP contribution in [0.1, 0.15) is 27.2 Å². The van der Waals surface area contributed by atoms with Crippen LogP contribution in [0, 0.1) is 11.3 Å². The zero-order chi connectivity index (χ0) is 6.91. The molecule has 1 rings (SSSR count). The van der Waals surface area contributed by atoms with Gasteiger partial charge in [-0.25, -0.2) is 5.32 Å². The zero-order valence-corrected chi connectivity index (χ0v) is 6.65. The van der Waals surface area contributed by atoms with Gasteiger partial charge in [-0.1, -0.05) is 20.8 Å². The predicted molar refractivity (Wildman–Crippen MR) is 39.4 cm³/mol. The lowest BCUT2D eigenvalue weighted by Crippen LogP contribution is -2.20. The lowest BCUT2D eigenvalue weighted by molar-refractivity contribution is 0.261. The maximum atomic E-state index is 4.33. The fraction of sp³-hybridized carbons (Fsp3) is 1.00. The van der Waals surface area contributed by atoms with Crippen LogP contribution in [0.3, 0.4) is 0 Å². The highest BCUT2D eigenvalue weighted by atomic mass is 14.9. The summed E-state index contributed by atoms with van der Waals surface area (Å²) in [5, 5.41) is 4.33. The Morgan fingerprint density at radius 1 is 1.33 bits per heavy atom. The van der Waals surface area contributed by atoms with E-state index in [9.17, 15) is 0 Å². The van der Waals surface area contributed by atoms with Crippen LogP contribution >= 0.6 is 0 Å². The monoisotopic (exact) mass is 126 g/mol. The fourth-order valence-electron chi connectivity index (χ4n) is 1.29. The summed E-state index contributed by atoms with van der Waals surface area (Å²) in [6.07, 6.45) is 1.31. The Hall–Kier alpha value is -0.0400. The van der Waals surface area contributed by atoms with Gasteiger partial charge in [-0.3, -0.25) is 0 Å². The van der Waals surface area contributed by atoms with E-state index in [1.165, 1.54) is 6.42 Å². The lowest BCUT2D eigenvalue weighted by atomic mass is 9.80. The number of hydrogen-bond donors (Lipinski definition) is 0. The van der Waals surface area contributed by atoms with E-state index in [0.717, 1.165) is 19.0 Å². The minimum atomic E-state index is 0.486. The highest BCUT2D eigenvalue weighted by molar-refractivity contribution is 4.80. The van der Waals surface area contributed by atoms with Crippen molar-refractivity contribution >= 4 is 0 Å². The van der Waals surface area contributed by atoms with Crippen LogP contribution in [0.25, 0.3) is 0 Å². The highest BCUT2D eigenvalue weighted by Gasteiger charge is 2.27. The smallest absolute Gasteiger partial charge is 0.0167 e. The lowest BCUT2D eigenvalue weighted by Gasteiger charge is -2.25. The van der Waals surface area contributed by atoms with Crippen molar-refractivity contribution in [2.24, 2.45) is 11.3 Å². The van der Waals surface area contributed by atoms with E-state index in [2.05, 4.69) is 26.1 Å². The molecule has 1 aliphatic heterocycles. The molecule has 0 aromatic rings. The summed E-state index contributed by atoms with van der Waals surface area (Å²) in [4.78, 5) is 0. The maximum absolute atomic E-state index is 4.33. The van der Waals surface area contributed by atoms with E-state index in [-0.39, 0.29) is 0 Å². The van der Waals surface area contributed by atoms with Crippen molar-refractivity contribution in [3.05, 3.63) is 0 Å². The Morgan fingerprint density at radius 3 is 2.22 bits per heavy atom. The summed E-state index contributed by atoms with van der Waals surface area (Å²) in [6, 6.07) is 0. The zero-order valence-electron chi connectivity index (χ0n) is 6.65. The van der Waals surface area contributed by atoms with Crippen molar-refractivity contribution in [3.8, 4) is 0 Å². The van der Waals surface area contributed by atoms with Crippen LogP contribution in [-0.2, 0) is 0 Å². The molecule has 0 bridgehead atoms. The summed E-state index contributed by atoms with van der Waals surface area (Å²) in [7, 11) is 0. The van der Waals surface area contributed by atoms with Crippen molar-refractivity contribution in [2.45, 2.75) is 27.2 Å². The minimum Gasteiger partial charge on any atom is -0.241 e. The van der Waals surface area contributed by atoms with Gasteiger partial charge in [0.15, 0.2) is 0 Å². The number of nitrogens with zero attached hydrogens (tertiary/aromatic N) is 1. The van der Waals surface area contributed by atoms with Crippen molar-refractivity contribution in [1.29, 1.82) is 0 Å². The van der Waals surface area contributed by atoms with Gasteiger partial charge in [0.05, 0.1) is 0 Å². The van der Waals surface area contributed by atoms with Crippen LogP contribution in [0.4, 0.5) is 0 Å². The second-order valence-electron chi connectivity index (χ2n) is 3.98. The summed E-state index contributed by atoms with van der Waals surface area (Å²) < 4.78 is 0. The Bertz CT molecular complexity index is 85.2. The summed E-state index contributed by atoms with van der Waals surface area (Å²) >= 11 is 0. The van der Waals surface area contributed by atoms with E-state index in [1.807, 2.05) is 0 Å². The van der Waals surface area contributed by atoms with Gasteiger partial charge < -0.3 is 0 Å². The number of hydrogen-bond acceptors (Lipinski definition) is 0. The third kappa shape index (κ3) is 1.68. The Kier molecular flexibility index (Phi) is 1.80. The van der Waals surface area contributed by atoms with Crippen LogP contribution in [0.5, 0.6) is 0 Å². The van der Waals surface area contributed by atoms with Gasteiger partial charge in [-0.05, 0) is 17.8 Å². The molecule has 1 fully saturated rings. The highest BCUT2D eigenvalue weighted by Crippen LogP contribution is 2.30. The van der Waals surface area contributed by atoms with E-state index in [4.69, 9.17) is 0 Å². The molecule has 0 N–H and O–H groups in total. The molecule has 0 aliphatic carbocycles.